The average Bonchev–Trinajstić information content (AvgIpc) is 3.34. The van der Waals surface area contributed by atoms with Crippen molar-refractivity contribution in [2.24, 2.45) is 29.6 Å². The van der Waals surface area contributed by atoms with E-state index in [9.17, 15) is 10.5 Å². The molecule has 6 unspecified atom stereocenters. The van der Waals surface area contributed by atoms with Crippen molar-refractivity contribution in [3.8, 4) is 12.1 Å². The van der Waals surface area contributed by atoms with Crippen LogP contribution in [0.25, 0.3) is 0 Å². The van der Waals surface area contributed by atoms with Gasteiger partial charge in [-0.25, -0.2) is 0 Å². The minimum atomic E-state index is -0.323. The van der Waals surface area contributed by atoms with Gasteiger partial charge in [0.15, 0.2) is 12.6 Å². The lowest BCUT2D eigenvalue weighted by atomic mass is 9.97. The molecule has 132 valence electrons. The molecule has 0 amide bonds. The lowest BCUT2D eigenvalue weighted by Crippen LogP contribution is -2.30. The van der Waals surface area contributed by atoms with Crippen molar-refractivity contribution in [1.82, 2.24) is 0 Å². The number of methoxy groups -OCH3 is 1. The van der Waals surface area contributed by atoms with Crippen LogP contribution >= 0.6 is 0 Å². The Hall–Kier alpha value is -1.18. The van der Waals surface area contributed by atoms with E-state index in [0.717, 1.165) is 32.1 Å². The summed E-state index contributed by atoms with van der Waals surface area (Å²) in [4.78, 5) is 0. The fraction of sp³-hybridized carbons (Fsp3) is 0.889. The number of rotatable bonds is 6. The molecule has 1 heterocycles. The van der Waals surface area contributed by atoms with Gasteiger partial charge in [0.1, 0.15) is 0 Å². The number of hydrogen-bond acceptors (Lipinski definition) is 6. The SMILES string of the molecule is COC(OCC1CC(C#N)C(C2OCCO2)C1)C1CCCC1C#N. The predicted molar refractivity (Wildman–Crippen MR) is 84.2 cm³/mol. The summed E-state index contributed by atoms with van der Waals surface area (Å²) >= 11 is 0. The summed E-state index contributed by atoms with van der Waals surface area (Å²) in [6.45, 7) is 1.79. The molecule has 2 saturated carbocycles. The summed E-state index contributed by atoms with van der Waals surface area (Å²) in [6.07, 6.45) is 4.10. The van der Waals surface area contributed by atoms with Crippen LogP contribution in [0.4, 0.5) is 0 Å². The van der Waals surface area contributed by atoms with Gasteiger partial charge in [-0.3, -0.25) is 0 Å². The lowest BCUT2D eigenvalue weighted by Gasteiger charge is -2.26. The molecule has 3 fully saturated rings. The van der Waals surface area contributed by atoms with Gasteiger partial charge in [-0.1, -0.05) is 6.42 Å². The minimum Gasteiger partial charge on any atom is -0.356 e. The normalized spacial score (nSPS) is 38.0. The quantitative estimate of drug-likeness (QED) is 0.694. The van der Waals surface area contributed by atoms with E-state index in [1.807, 2.05) is 0 Å². The van der Waals surface area contributed by atoms with Crippen LogP contribution in [0.2, 0.25) is 0 Å². The maximum absolute atomic E-state index is 9.41. The largest absolute Gasteiger partial charge is 0.356 e. The Morgan fingerprint density at radius 3 is 2.50 bits per heavy atom. The maximum Gasteiger partial charge on any atom is 0.161 e. The zero-order valence-corrected chi connectivity index (χ0v) is 14.2. The van der Waals surface area contributed by atoms with Crippen LogP contribution in [0.1, 0.15) is 32.1 Å². The summed E-state index contributed by atoms with van der Waals surface area (Å²) < 4.78 is 22.7. The molecule has 6 nitrogen and oxygen atoms in total. The first-order valence-electron chi connectivity index (χ1n) is 8.93. The molecule has 0 aromatic carbocycles. The molecule has 0 aromatic rings. The summed E-state index contributed by atoms with van der Waals surface area (Å²) in [5, 5.41) is 18.7. The first kappa shape index (κ1) is 17.6. The van der Waals surface area contributed by atoms with Gasteiger partial charge in [0.05, 0.1) is 43.8 Å². The van der Waals surface area contributed by atoms with Crippen molar-refractivity contribution in [2.75, 3.05) is 26.9 Å². The summed E-state index contributed by atoms with van der Waals surface area (Å²) in [5.41, 5.74) is 0. The van der Waals surface area contributed by atoms with Crippen LogP contribution in [0, 0.1) is 52.3 Å². The van der Waals surface area contributed by atoms with E-state index < -0.39 is 0 Å². The molecular weight excluding hydrogens is 308 g/mol. The Kier molecular flexibility index (Phi) is 6.08. The van der Waals surface area contributed by atoms with E-state index in [1.165, 1.54) is 0 Å². The molecule has 1 aliphatic heterocycles. The van der Waals surface area contributed by atoms with Gasteiger partial charge < -0.3 is 18.9 Å². The smallest absolute Gasteiger partial charge is 0.161 e. The van der Waals surface area contributed by atoms with Crippen LogP contribution < -0.4 is 0 Å². The van der Waals surface area contributed by atoms with Crippen LogP contribution in [0.15, 0.2) is 0 Å². The Morgan fingerprint density at radius 1 is 1.08 bits per heavy atom. The molecule has 6 atom stereocenters. The van der Waals surface area contributed by atoms with Crippen LogP contribution in [0.5, 0.6) is 0 Å². The van der Waals surface area contributed by atoms with E-state index in [-0.39, 0.29) is 36.3 Å². The second-order valence-electron chi connectivity index (χ2n) is 7.11. The van der Waals surface area contributed by atoms with Gasteiger partial charge in [-0.05, 0) is 31.6 Å². The van der Waals surface area contributed by atoms with E-state index in [1.54, 1.807) is 7.11 Å². The van der Waals surface area contributed by atoms with Crippen LogP contribution in [-0.4, -0.2) is 39.5 Å². The highest BCUT2D eigenvalue weighted by Crippen LogP contribution is 2.41. The first-order valence-corrected chi connectivity index (χ1v) is 8.93. The minimum absolute atomic E-state index is 0.0263. The molecule has 0 bridgehead atoms. The highest BCUT2D eigenvalue weighted by Gasteiger charge is 2.42. The molecular formula is C18H26N2O4. The van der Waals surface area contributed by atoms with Crippen molar-refractivity contribution >= 4 is 0 Å². The molecule has 1 saturated heterocycles. The van der Waals surface area contributed by atoms with Gasteiger partial charge in [0.2, 0.25) is 0 Å². The fourth-order valence-electron chi connectivity index (χ4n) is 4.46. The Bertz CT molecular complexity index is 494. The standard InChI is InChI=1S/C18H26N2O4/c1-21-17(15-4-2-3-13(15)9-19)24-11-12-7-14(10-20)16(8-12)18-22-5-6-23-18/h12-18H,2-8,11H2,1H3. The number of nitrogens with zero attached hydrogens (tertiary/aromatic N) is 2. The van der Waals surface area contributed by atoms with Crippen molar-refractivity contribution in [1.29, 1.82) is 10.5 Å². The van der Waals surface area contributed by atoms with E-state index >= 15 is 0 Å². The molecule has 0 N–H and O–H groups in total. The summed E-state index contributed by atoms with van der Waals surface area (Å²) in [6, 6.07) is 4.78. The van der Waals surface area contributed by atoms with E-state index in [2.05, 4.69) is 12.1 Å². The summed E-state index contributed by atoms with van der Waals surface area (Å²) in [5.74, 6) is 0.586. The molecule has 3 aliphatic rings. The molecule has 0 radical (unpaired) electrons. The third kappa shape index (κ3) is 3.73. The summed E-state index contributed by atoms with van der Waals surface area (Å²) in [7, 11) is 1.65. The zero-order chi connectivity index (χ0) is 16.9. The topological polar surface area (TPSA) is 84.5 Å². The maximum atomic E-state index is 9.41. The van der Waals surface area contributed by atoms with Gasteiger partial charge >= 0.3 is 0 Å². The Morgan fingerprint density at radius 2 is 1.83 bits per heavy atom. The highest BCUT2D eigenvalue weighted by atomic mass is 16.7. The van der Waals surface area contributed by atoms with E-state index in [4.69, 9.17) is 18.9 Å². The second kappa shape index (κ2) is 8.27. The molecule has 0 spiro atoms. The molecule has 3 rings (SSSR count). The first-order chi connectivity index (χ1) is 11.8. The van der Waals surface area contributed by atoms with Gasteiger partial charge in [-0.2, -0.15) is 10.5 Å². The molecule has 2 aliphatic carbocycles. The fourth-order valence-corrected chi connectivity index (χ4v) is 4.46. The second-order valence-corrected chi connectivity index (χ2v) is 7.11. The molecule has 6 heteroatoms. The predicted octanol–water partition coefficient (Wildman–Crippen LogP) is 2.45. The monoisotopic (exact) mass is 334 g/mol. The van der Waals surface area contributed by atoms with Crippen molar-refractivity contribution in [3.05, 3.63) is 0 Å². The lowest BCUT2D eigenvalue weighted by molar-refractivity contribution is -0.167. The highest BCUT2D eigenvalue weighted by molar-refractivity contribution is 4.98. The number of nitriles is 2. The zero-order valence-electron chi connectivity index (χ0n) is 14.2. The molecule has 24 heavy (non-hydrogen) atoms. The van der Waals surface area contributed by atoms with Crippen LogP contribution in [0.3, 0.4) is 0 Å². The van der Waals surface area contributed by atoms with E-state index in [0.29, 0.717) is 25.7 Å². The van der Waals surface area contributed by atoms with Crippen LogP contribution in [-0.2, 0) is 18.9 Å². The van der Waals surface area contributed by atoms with Crippen molar-refractivity contribution in [3.63, 3.8) is 0 Å². The Labute approximate surface area is 143 Å². The average molecular weight is 334 g/mol. The molecule has 0 aromatic heterocycles. The van der Waals surface area contributed by atoms with Crippen molar-refractivity contribution in [2.45, 2.75) is 44.7 Å². The number of hydrogen-bond donors (Lipinski definition) is 0. The third-order valence-electron chi connectivity index (χ3n) is 5.69. The van der Waals surface area contributed by atoms with Crippen molar-refractivity contribution < 1.29 is 18.9 Å². The van der Waals surface area contributed by atoms with Gasteiger partial charge in [0.25, 0.3) is 0 Å². The third-order valence-corrected chi connectivity index (χ3v) is 5.69. The number of ether oxygens (including phenoxy) is 4. The van der Waals surface area contributed by atoms with Gasteiger partial charge in [-0.15, -0.1) is 0 Å². The van der Waals surface area contributed by atoms with Gasteiger partial charge in [0, 0.05) is 18.9 Å². The Balaban J connectivity index is 1.52.